The molecular weight excluding hydrogens is 241 g/mol. The van der Waals surface area contributed by atoms with Crippen LogP contribution in [0.2, 0.25) is 5.02 Å². The number of rotatable bonds is 1. The lowest BCUT2D eigenvalue weighted by Crippen LogP contribution is -2.22. The summed E-state index contributed by atoms with van der Waals surface area (Å²) >= 11 is 5.73. The number of halogens is 2. The topological polar surface area (TPSA) is 30.7 Å². The second-order valence-corrected chi connectivity index (χ2v) is 5.26. The molecule has 2 aromatic rings. The van der Waals surface area contributed by atoms with E-state index in [9.17, 15) is 4.39 Å². The van der Waals surface area contributed by atoms with Gasteiger partial charge in [-0.1, -0.05) is 11.6 Å². The summed E-state index contributed by atoms with van der Waals surface area (Å²) in [6.07, 6.45) is 1.60. The van der Waals surface area contributed by atoms with Gasteiger partial charge in [-0.2, -0.15) is 0 Å². The first-order valence-electron chi connectivity index (χ1n) is 5.25. The molecule has 0 saturated heterocycles. The average molecular weight is 254 g/mol. The van der Waals surface area contributed by atoms with Gasteiger partial charge in [0, 0.05) is 10.6 Å². The van der Waals surface area contributed by atoms with Gasteiger partial charge in [0.1, 0.15) is 12.1 Å². The summed E-state index contributed by atoms with van der Waals surface area (Å²) in [5, 5.41) is 8.18. The van der Waals surface area contributed by atoms with Crippen molar-refractivity contribution in [3.63, 3.8) is 0 Å². The minimum atomic E-state index is -0.393. The summed E-state index contributed by atoms with van der Waals surface area (Å²) in [5.41, 5.74) is 0.201. The van der Waals surface area contributed by atoms with E-state index in [1.54, 1.807) is 18.5 Å². The second-order valence-electron chi connectivity index (χ2n) is 4.82. The van der Waals surface area contributed by atoms with Crippen LogP contribution in [0.3, 0.4) is 0 Å². The van der Waals surface area contributed by atoms with Gasteiger partial charge in [0.05, 0.1) is 5.56 Å². The minimum absolute atomic E-state index is 0.203. The van der Waals surface area contributed by atoms with Crippen LogP contribution in [0.25, 0.3) is 11.4 Å². The molecule has 0 amide bonds. The van der Waals surface area contributed by atoms with E-state index in [1.807, 2.05) is 25.3 Å². The molecule has 90 valence electrons. The zero-order chi connectivity index (χ0) is 12.6. The first-order valence-corrected chi connectivity index (χ1v) is 5.63. The number of hydrogen-bond donors (Lipinski definition) is 0. The Morgan fingerprint density at radius 1 is 1.29 bits per heavy atom. The largest absolute Gasteiger partial charge is 0.308 e. The molecule has 0 spiro atoms. The molecule has 1 aromatic carbocycles. The molecule has 0 saturated carbocycles. The molecule has 3 nitrogen and oxygen atoms in total. The fourth-order valence-corrected chi connectivity index (χ4v) is 1.74. The number of aromatic nitrogens is 3. The van der Waals surface area contributed by atoms with Crippen molar-refractivity contribution in [3.8, 4) is 11.4 Å². The molecule has 1 aromatic heterocycles. The molecule has 0 unspecified atom stereocenters. The van der Waals surface area contributed by atoms with Crippen molar-refractivity contribution >= 4 is 11.6 Å². The third-order valence-corrected chi connectivity index (χ3v) is 2.68. The molecule has 0 atom stereocenters. The smallest absolute Gasteiger partial charge is 0.167 e. The van der Waals surface area contributed by atoms with E-state index in [0.29, 0.717) is 16.4 Å². The Morgan fingerprint density at radius 2 is 2.00 bits per heavy atom. The summed E-state index contributed by atoms with van der Waals surface area (Å²) in [4.78, 5) is 0. The van der Waals surface area contributed by atoms with E-state index in [4.69, 9.17) is 11.6 Å². The Hall–Kier alpha value is -1.42. The molecule has 5 heteroatoms. The molecule has 0 radical (unpaired) electrons. The molecule has 0 aliphatic heterocycles. The average Bonchev–Trinajstić information content (AvgIpc) is 2.65. The highest BCUT2D eigenvalue weighted by molar-refractivity contribution is 6.30. The number of benzene rings is 1. The Bertz CT molecular complexity index is 543. The Balaban J connectivity index is 2.58. The zero-order valence-electron chi connectivity index (χ0n) is 9.91. The lowest BCUT2D eigenvalue weighted by atomic mass is 10.1. The van der Waals surface area contributed by atoms with Crippen LogP contribution in [0.15, 0.2) is 24.5 Å². The second kappa shape index (κ2) is 4.11. The predicted octanol–water partition coefficient (Wildman–Crippen LogP) is 3.49. The van der Waals surface area contributed by atoms with Crippen LogP contribution >= 0.6 is 11.6 Å². The fraction of sp³-hybridized carbons (Fsp3) is 0.333. The van der Waals surface area contributed by atoms with Crippen molar-refractivity contribution in [1.29, 1.82) is 0 Å². The van der Waals surface area contributed by atoms with E-state index >= 15 is 0 Å². The number of hydrogen-bond acceptors (Lipinski definition) is 2. The maximum atomic E-state index is 13.8. The highest BCUT2D eigenvalue weighted by Crippen LogP contribution is 2.27. The summed E-state index contributed by atoms with van der Waals surface area (Å²) in [7, 11) is 0. The van der Waals surface area contributed by atoms with Gasteiger partial charge in [0.15, 0.2) is 5.82 Å². The van der Waals surface area contributed by atoms with Gasteiger partial charge in [0.25, 0.3) is 0 Å². The van der Waals surface area contributed by atoms with Crippen molar-refractivity contribution in [1.82, 2.24) is 14.8 Å². The molecule has 0 bridgehead atoms. The predicted molar refractivity (Wildman–Crippen MR) is 65.4 cm³/mol. The summed E-state index contributed by atoms with van der Waals surface area (Å²) < 4.78 is 15.6. The molecular formula is C12H13ClFN3. The van der Waals surface area contributed by atoms with Crippen molar-refractivity contribution < 1.29 is 4.39 Å². The third-order valence-electron chi connectivity index (χ3n) is 2.44. The van der Waals surface area contributed by atoms with Gasteiger partial charge >= 0.3 is 0 Å². The lowest BCUT2D eigenvalue weighted by molar-refractivity contribution is 0.399. The summed E-state index contributed by atoms with van der Waals surface area (Å²) in [6, 6.07) is 4.53. The summed E-state index contributed by atoms with van der Waals surface area (Å²) in [5.74, 6) is 0.114. The van der Waals surface area contributed by atoms with Gasteiger partial charge in [-0.15, -0.1) is 10.2 Å². The van der Waals surface area contributed by atoms with Crippen molar-refractivity contribution in [2.75, 3.05) is 0 Å². The first-order chi connectivity index (χ1) is 7.89. The van der Waals surface area contributed by atoms with Crippen LogP contribution in [0, 0.1) is 5.82 Å². The molecule has 0 N–H and O–H groups in total. The monoisotopic (exact) mass is 253 g/mol. The van der Waals surface area contributed by atoms with Crippen LogP contribution in [0.1, 0.15) is 20.8 Å². The van der Waals surface area contributed by atoms with Crippen LogP contribution in [0.5, 0.6) is 0 Å². The van der Waals surface area contributed by atoms with E-state index in [1.165, 1.54) is 6.07 Å². The van der Waals surface area contributed by atoms with E-state index in [0.717, 1.165) is 0 Å². The Morgan fingerprint density at radius 3 is 2.59 bits per heavy atom. The van der Waals surface area contributed by atoms with E-state index < -0.39 is 5.82 Å². The maximum Gasteiger partial charge on any atom is 0.167 e. The standard InChI is InChI=1S/C12H13ClFN3/c1-12(2,3)17-7-15-16-11(17)9-5-4-8(13)6-10(9)14/h4-7H,1-3H3. The number of nitrogens with zero attached hydrogens (tertiary/aromatic N) is 3. The van der Waals surface area contributed by atoms with E-state index in [2.05, 4.69) is 10.2 Å². The SMILES string of the molecule is CC(C)(C)n1cnnc1-c1ccc(Cl)cc1F. The Kier molecular flexibility index (Phi) is 2.91. The summed E-state index contributed by atoms with van der Waals surface area (Å²) in [6.45, 7) is 6.02. The fourth-order valence-electron chi connectivity index (χ4n) is 1.58. The van der Waals surface area contributed by atoms with Crippen molar-refractivity contribution in [3.05, 3.63) is 35.4 Å². The van der Waals surface area contributed by atoms with Crippen LogP contribution < -0.4 is 0 Å². The van der Waals surface area contributed by atoms with Crippen LogP contribution in [0.4, 0.5) is 4.39 Å². The van der Waals surface area contributed by atoms with Crippen LogP contribution in [-0.4, -0.2) is 14.8 Å². The molecule has 0 aliphatic carbocycles. The van der Waals surface area contributed by atoms with Crippen molar-refractivity contribution in [2.24, 2.45) is 0 Å². The first kappa shape index (κ1) is 12.0. The molecule has 1 heterocycles. The van der Waals surface area contributed by atoms with Gasteiger partial charge in [-0.3, -0.25) is 0 Å². The lowest BCUT2D eigenvalue weighted by Gasteiger charge is -2.22. The van der Waals surface area contributed by atoms with E-state index in [-0.39, 0.29) is 5.54 Å². The quantitative estimate of drug-likeness (QED) is 0.779. The highest BCUT2D eigenvalue weighted by atomic mass is 35.5. The minimum Gasteiger partial charge on any atom is -0.308 e. The Labute approximate surface area is 104 Å². The zero-order valence-corrected chi connectivity index (χ0v) is 10.7. The molecule has 0 aliphatic rings. The van der Waals surface area contributed by atoms with Gasteiger partial charge < -0.3 is 4.57 Å². The van der Waals surface area contributed by atoms with Crippen LogP contribution in [-0.2, 0) is 5.54 Å². The highest BCUT2D eigenvalue weighted by Gasteiger charge is 2.20. The van der Waals surface area contributed by atoms with Gasteiger partial charge in [-0.25, -0.2) is 4.39 Å². The maximum absolute atomic E-state index is 13.8. The van der Waals surface area contributed by atoms with Gasteiger partial charge in [0.2, 0.25) is 0 Å². The van der Waals surface area contributed by atoms with Gasteiger partial charge in [-0.05, 0) is 39.0 Å². The third kappa shape index (κ3) is 2.31. The molecule has 17 heavy (non-hydrogen) atoms. The van der Waals surface area contributed by atoms with Crippen molar-refractivity contribution in [2.45, 2.75) is 26.3 Å². The molecule has 2 rings (SSSR count). The molecule has 0 fully saturated rings. The normalized spacial score (nSPS) is 11.8.